The molecule has 1 amide bonds. The first-order chi connectivity index (χ1) is 17.4. The van der Waals surface area contributed by atoms with Crippen LogP contribution in [0.2, 0.25) is 0 Å². The van der Waals surface area contributed by atoms with Gasteiger partial charge in [-0.25, -0.2) is 9.49 Å². The Hall–Kier alpha value is -3.83. The van der Waals surface area contributed by atoms with Crippen LogP contribution in [0.5, 0.6) is 0 Å². The largest absolute Gasteiger partial charge is 0.394 e. The summed E-state index contributed by atoms with van der Waals surface area (Å²) in [5, 5.41) is 25.7. The molecule has 3 aromatic heterocycles. The Morgan fingerprint density at radius 2 is 2.03 bits per heavy atom. The fraction of sp³-hybridized carbons (Fsp3) is 0.280. The van der Waals surface area contributed by atoms with Gasteiger partial charge in [0.25, 0.3) is 11.5 Å². The molecule has 0 radical (unpaired) electrons. The second kappa shape index (κ2) is 10.0. The number of rotatable bonds is 7. The summed E-state index contributed by atoms with van der Waals surface area (Å²) in [7, 11) is 0. The van der Waals surface area contributed by atoms with Gasteiger partial charge < -0.3 is 15.7 Å². The lowest BCUT2D eigenvalue weighted by atomic mass is 9.99. The molecular weight excluding hydrogens is 483 g/mol. The van der Waals surface area contributed by atoms with Gasteiger partial charge in [0.1, 0.15) is 11.5 Å². The zero-order valence-corrected chi connectivity index (χ0v) is 20.4. The van der Waals surface area contributed by atoms with Crippen LogP contribution in [0, 0.1) is 12.7 Å². The van der Waals surface area contributed by atoms with Crippen molar-refractivity contribution in [1.82, 2.24) is 20.0 Å². The molecule has 0 saturated heterocycles. The number of hydrogen-bond acceptors (Lipinski definition) is 7. The number of aliphatic hydroxyl groups excluding tert-OH is 1. The molecule has 0 fully saturated rings. The molecule has 1 aliphatic rings. The van der Waals surface area contributed by atoms with Crippen LogP contribution in [0.1, 0.15) is 38.6 Å². The number of halogens is 1. The number of carbonyl (C=O) groups excluding carboxylic acids is 1. The van der Waals surface area contributed by atoms with Crippen LogP contribution in [0.15, 0.2) is 41.2 Å². The predicted molar refractivity (Wildman–Crippen MR) is 136 cm³/mol. The van der Waals surface area contributed by atoms with E-state index >= 15 is 0 Å². The van der Waals surface area contributed by atoms with Gasteiger partial charge in [-0.1, -0.05) is 0 Å². The van der Waals surface area contributed by atoms with Gasteiger partial charge in [0, 0.05) is 22.2 Å². The number of H-pyrrole nitrogens is 1. The lowest BCUT2D eigenvalue weighted by Gasteiger charge is -2.09. The number of carbonyl (C=O) groups is 1. The van der Waals surface area contributed by atoms with E-state index in [2.05, 4.69) is 25.9 Å². The van der Waals surface area contributed by atoms with Crippen molar-refractivity contribution >= 4 is 34.4 Å². The Morgan fingerprint density at radius 3 is 2.83 bits per heavy atom. The van der Waals surface area contributed by atoms with Crippen LogP contribution in [-0.2, 0) is 19.4 Å². The van der Waals surface area contributed by atoms with Crippen molar-refractivity contribution in [2.75, 3.05) is 17.2 Å². The van der Waals surface area contributed by atoms with Gasteiger partial charge >= 0.3 is 0 Å². The van der Waals surface area contributed by atoms with E-state index in [0.717, 1.165) is 31.4 Å². The SMILES string of the molecule is Cc1cc(Nc2cc(-c3ccc(F)c(NC(=O)c4cc5c(s4)CCCC5)c3)n[nH]c2=O)nn1CCO. The predicted octanol–water partition coefficient (Wildman–Crippen LogP) is 4.01. The molecule has 1 aliphatic carbocycles. The second-order valence-electron chi connectivity index (χ2n) is 8.65. The normalized spacial score (nSPS) is 12.9. The second-order valence-corrected chi connectivity index (χ2v) is 9.79. The molecule has 0 bridgehead atoms. The number of aromatic amines is 1. The van der Waals surface area contributed by atoms with E-state index in [1.165, 1.54) is 46.0 Å². The summed E-state index contributed by atoms with van der Waals surface area (Å²) in [4.78, 5) is 27.0. The van der Waals surface area contributed by atoms with E-state index in [9.17, 15) is 14.0 Å². The Balaban J connectivity index is 1.38. The molecule has 3 heterocycles. The average Bonchev–Trinajstić information content (AvgIpc) is 3.45. The van der Waals surface area contributed by atoms with Crippen LogP contribution in [0.3, 0.4) is 0 Å². The van der Waals surface area contributed by atoms with Gasteiger partial charge in [-0.2, -0.15) is 10.2 Å². The molecule has 4 aromatic rings. The highest BCUT2D eigenvalue weighted by Gasteiger charge is 2.19. The van der Waals surface area contributed by atoms with Crippen LogP contribution < -0.4 is 16.2 Å². The number of nitrogens with zero attached hydrogens (tertiary/aromatic N) is 3. The fourth-order valence-corrected chi connectivity index (χ4v) is 5.39. The maximum Gasteiger partial charge on any atom is 0.287 e. The zero-order valence-electron chi connectivity index (χ0n) is 19.6. The van der Waals surface area contributed by atoms with Gasteiger partial charge in [0.05, 0.1) is 29.4 Å². The number of benzene rings is 1. The van der Waals surface area contributed by atoms with E-state index in [1.807, 2.05) is 13.0 Å². The lowest BCUT2D eigenvalue weighted by molar-refractivity contribution is 0.103. The third-order valence-corrected chi connectivity index (χ3v) is 7.33. The highest BCUT2D eigenvalue weighted by atomic mass is 32.1. The molecule has 0 aliphatic heterocycles. The summed E-state index contributed by atoms with van der Waals surface area (Å²) in [6.07, 6.45) is 4.19. The first kappa shape index (κ1) is 23.9. The molecule has 0 saturated carbocycles. The summed E-state index contributed by atoms with van der Waals surface area (Å²) in [6.45, 7) is 2.12. The van der Waals surface area contributed by atoms with Crippen LogP contribution in [0.25, 0.3) is 11.3 Å². The number of nitrogens with one attached hydrogen (secondary N) is 3. The Bertz CT molecular complexity index is 1470. The first-order valence-electron chi connectivity index (χ1n) is 11.7. The van der Waals surface area contributed by atoms with E-state index < -0.39 is 11.4 Å². The number of aryl methyl sites for hydroxylation is 3. The molecule has 36 heavy (non-hydrogen) atoms. The van der Waals surface area contributed by atoms with E-state index in [4.69, 9.17) is 5.11 Å². The van der Waals surface area contributed by atoms with Crippen molar-refractivity contribution in [3.05, 3.63) is 73.6 Å². The van der Waals surface area contributed by atoms with Crippen LogP contribution in [-0.4, -0.2) is 37.6 Å². The standard InChI is InChI=1S/C25H25FN6O3S/c1-14-10-23(31-32(14)8-9-33)27-20-13-18(29-30-24(20)34)15-6-7-17(26)19(11-15)28-25(35)22-12-16-4-2-3-5-21(16)36-22/h6-7,10-13,33H,2-5,8-9H2,1H3,(H,28,35)(H,30,34)(H,27,29,31). The number of anilines is 3. The number of aromatic nitrogens is 4. The average molecular weight is 509 g/mol. The monoisotopic (exact) mass is 508 g/mol. The number of hydrogen-bond donors (Lipinski definition) is 4. The third-order valence-electron chi connectivity index (χ3n) is 6.09. The topological polar surface area (TPSA) is 125 Å². The number of amides is 1. The molecule has 186 valence electrons. The first-order valence-corrected chi connectivity index (χ1v) is 12.5. The van der Waals surface area contributed by atoms with Crippen molar-refractivity contribution in [3.8, 4) is 11.3 Å². The molecule has 9 nitrogen and oxygen atoms in total. The maximum absolute atomic E-state index is 14.6. The number of fused-ring (bicyclic) bond motifs is 1. The number of thiophene rings is 1. The Kier molecular flexibility index (Phi) is 6.66. The summed E-state index contributed by atoms with van der Waals surface area (Å²) in [6, 6.07) is 9.46. The van der Waals surface area contributed by atoms with Crippen LogP contribution >= 0.6 is 11.3 Å². The highest BCUT2D eigenvalue weighted by molar-refractivity contribution is 7.14. The highest BCUT2D eigenvalue weighted by Crippen LogP contribution is 2.31. The van der Waals surface area contributed by atoms with Gasteiger partial charge in [0.2, 0.25) is 0 Å². The van der Waals surface area contributed by atoms with Crippen molar-refractivity contribution in [3.63, 3.8) is 0 Å². The molecule has 1 aromatic carbocycles. The summed E-state index contributed by atoms with van der Waals surface area (Å²) in [5.41, 5.74) is 2.70. The van der Waals surface area contributed by atoms with Crippen molar-refractivity contribution in [1.29, 1.82) is 0 Å². The molecule has 0 unspecified atom stereocenters. The molecular formula is C25H25FN6O3S. The summed E-state index contributed by atoms with van der Waals surface area (Å²) in [5.74, 6) is -0.480. The molecule has 4 N–H and O–H groups in total. The van der Waals surface area contributed by atoms with Gasteiger partial charge in [-0.3, -0.25) is 14.3 Å². The molecule has 0 atom stereocenters. The summed E-state index contributed by atoms with van der Waals surface area (Å²) < 4.78 is 16.2. The smallest absolute Gasteiger partial charge is 0.287 e. The van der Waals surface area contributed by atoms with Crippen molar-refractivity contribution in [2.24, 2.45) is 0 Å². The quantitative estimate of drug-likeness (QED) is 0.299. The zero-order chi connectivity index (χ0) is 25.2. The summed E-state index contributed by atoms with van der Waals surface area (Å²) >= 11 is 1.46. The fourth-order valence-electron chi connectivity index (χ4n) is 4.24. The minimum atomic E-state index is -0.568. The Labute approximate surface area is 210 Å². The minimum Gasteiger partial charge on any atom is -0.394 e. The van der Waals surface area contributed by atoms with Crippen molar-refractivity contribution in [2.45, 2.75) is 39.2 Å². The Morgan fingerprint density at radius 1 is 1.19 bits per heavy atom. The van der Waals surface area contributed by atoms with Gasteiger partial charge in [-0.15, -0.1) is 11.3 Å². The van der Waals surface area contributed by atoms with Gasteiger partial charge in [0.15, 0.2) is 5.82 Å². The minimum absolute atomic E-state index is 0.0322. The lowest BCUT2D eigenvalue weighted by Crippen LogP contribution is -2.14. The van der Waals surface area contributed by atoms with E-state index in [-0.39, 0.29) is 23.9 Å². The van der Waals surface area contributed by atoms with E-state index in [1.54, 1.807) is 10.7 Å². The van der Waals surface area contributed by atoms with Gasteiger partial charge in [-0.05, 0) is 68.5 Å². The third kappa shape index (κ3) is 4.93. The van der Waals surface area contributed by atoms with E-state index in [0.29, 0.717) is 28.5 Å². The maximum atomic E-state index is 14.6. The van der Waals surface area contributed by atoms with Crippen LogP contribution in [0.4, 0.5) is 21.6 Å². The molecule has 5 rings (SSSR count). The van der Waals surface area contributed by atoms with Crippen molar-refractivity contribution < 1.29 is 14.3 Å². The number of aliphatic hydroxyl groups is 1. The molecule has 0 spiro atoms. The molecule has 11 heteroatoms.